The summed E-state index contributed by atoms with van der Waals surface area (Å²) in [5.74, 6) is 0. The van der Waals surface area contributed by atoms with Crippen molar-refractivity contribution in [3.8, 4) is 0 Å². The van der Waals surface area contributed by atoms with Crippen LogP contribution in [0.15, 0.2) is 14.8 Å². The van der Waals surface area contributed by atoms with E-state index in [1.165, 1.54) is 6.20 Å². The number of anilines is 1. The van der Waals surface area contributed by atoms with E-state index in [1.807, 2.05) is 0 Å². The Kier molecular flexibility index (Phi) is 5.22. The molecule has 2 heterocycles. The summed E-state index contributed by atoms with van der Waals surface area (Å²) in [4.78, 5) is 21.5. The second-order valence-electron chi connectivity index (χ2n) is 8.03. The van der Waals surface area contributed by atoms with Gasteiger partial charge in [-0.2, -0.15) is 0 Å². The number of rotatable bonds is 3. The van der Waals surface area contributed by atoms with Gasteiger partial charge in [-0.1, -0.05) is 0 Å². The van der Waals surface area contributed by atoms with E-state index in [-0.39, 0.29) is 4.21 Å². The maximum absolute atomic E-state index is 12.9. The number of aliphatic hydroxyl groups is 1. The number of carbonyl (C=O) groups excluding carboxylic acids is 1. The minimum atomic E-state index is -3.46. The van der Waals surface area contributed by atoms with E-state index >= 15 is 0 Å². The number of fused-ring (bicyclic) bond motifs is 2. The Morgan fingerprint density at radius 2 is 1.83 bits per heavy atom. The predicted molar refractivity (Wildman–Crippen MR) is 112 cm³/mol. The van der Waals surface area contributed by atoms with Gasteiger partial charge in [-0.15, -0.1) is 15.7 Å². The van der Waals surface area contributed by atoms with Gasteiger partial charge in [0.25, 0.3) is 0 Å². The summed E-state index contributed by atoms with van der Waals surface area (Å²) < 4.78 is 16.8. The molecule has 29 heavy (non-hydrogen) atoms. The quantitative estimate of drug-likeness (QED) is 0.682. The highest BCUT2D eigenvalue weighted by Crippen LogP contribution is 2.36. The van der Waals surface area contributed by atoms with E-state index in [0.29, 0.717) is 5.01 Å². The van der Waals surface area contributed by atoms with E-state index < -0.39 is 21.5 Å². The molecule has 0 unspecified atom stereocenters. The first kappa shape index (κ1) is 20.4. The van der Waals surface area contributed by atoms with E-state index in [9.17, 15) is 14.1 Å². The molecule has 0 spiro atoms. The third kappa shape index (κ3) is 4.07. The molecule has 0 radical (unpaired) electrons. The van der Waals surface area contributed by atoms with Crippen molar-refractivity contribution in [1.82, 2.24) is 9.97 Å². The van der Waals surface area contributed by atoms with Crippen molar-refractivity contribution in [1.29, 1.82) is 0 Å². The lowest BCUT2D eigenvalue weighted by atomic mass is 9.92. The number of hydrogen-bond acceptors (Lipinski definition) is 6. The number of aromatic nitrogens is 2. The molecule has 4 N–H and O–H groups in total. The molecule has 0 fully saturated rings. The molecule has 1 atom stereocenters. The molecule has 0 saturated carbocycles. The van der Waals surface area contributed by atoms with Crippen LogP contribution < -0.4 is 10.5 Å². The first-order chi connectivity index (χ1) is 13.6. The van der Waals surface area contributed by atoms with Gasteiger partial charge in [-0.3, -0.25) is 4.98 Å². The van der Waals surface area contributed by atoms with Gasteiger partial charge in [-0.25, -0.2) is 19.1 Å². The summed E-state index contributed by atoms with van der Waals surface area (Å²) in [6.45, 7) is 3.15. The molecule has 2 aromatic heterocycles. The van der Waals surface area contributed by atoms with Crippen molar-refractivity contribution in [2.75, 3.05) is 5.32 Å². The Balaban J connectivity index is 1.66. The topological polar surface area (TPSA) is 131 Å². The second-order valence-corrected chi connectivity index (χ2v) is 11.1. The van der Waals surface area contributed by atoms with Crippen LogP contribution in [0.4, 0.5) is 10.5 Å². The van der Waals surface area contributed by atoms with Crippen LogP contribution in [0.2, 0.25) is 0 Å². The molecule has 10 heteroatoms. The average Bonchev–Trinajstić information content (AvgIpc) is 3.30. The zero-order valence-corrected chi connectivity index (χ0v) is 18.2. The van der Waals surface area contributed by atoms with Crippen molar-refractivity contribution >= 4 is 33.0 Å². The standard InChI is InChI=1S/C19H25N5O3S2/c1-19(2,26)17-21-10-15(28-17)29(20,27)24-18(25)23-16-11-6-3-4-8-13(11)22-14-9-5-7-12(14)16/h10,26H,3-9H2,1-2H3,(H3,20,22,23,24,25,27)/t29-/m0/s1. The fourth-order valence-electron chi connectivity index (χ4n) is 3.87. The summed E-state index contributed by atoms with van der Waals surface area (Å²) in [5, 5.41) is 19.1. The minimum Gasteiger partial charge on any atom is -0.383 e. The normalized spacial score (nSPS) is 17.9. The largest absolute Gasteiger partial charge is 0.383 e. The summed E-state index contributed by atoms with van der Waals surface area (Å²) >= 11 is 0.993. The van der Waals surface area contributed by atoms with E-state index in [1.54, 1.807) is 13.8 Å². The molecular weight excluding hydrogens is 410 g/mol. The Morgan fingerprint density at radius 1 is 1.21 bits per heavy atom. The molecule has 2 aliphatic rings. The zero-order chi connectivity index (χ0) is 20.8. The number of urea groups is 1. The third-order valence-corrected chi connectivity index (χ3v) is 8.44. The Labute approximate surface area is 174 Å². The lowest BCUT2D eigenvalue weighted by Crippen LogP contribution is -2.20. The van der Waals surface area contributed by atoms with Crippen LogP contribution in [-0.4, -0.2) is 25.3 Å². The van der Waals surface area contributed by atoms with Crippen LogP contribution in [0.1, 0.15) is 60.6 Å². The molecule has 2 amide bonds. The Morgan fingerprint density at radius 3 is 2.48 bits per heavy atom. The van der Waals surface area contributed by atoms with Crippen LogP contribution in [0.25, 0.3) is 0 Å². The summed E-state index contributed by atoms with van der Waals surface area (Å²) in [5.41, 5.74) is 3.85. The highest BCUT2D eigenvalue weighted by atomic mass is 32.2. The van der Waals surface area contributed by atoms with E-state index in [0.717, 1.165) is 84.5 Å². The highest BCUT2D eigenvalue weighted by molar-refractivity contribution is 7.93. The maximum atomic E-state index is 12.9. The van der Waals surface area contributed by atoms with Gasteiger partial charge in [0.2, 0.25) is 0 Å². The molecule has 0 aromatic carbocycles. The number of carbonyl (C=O) groups is 1. The second kappa shape index (κ2) is 7.42. The van der Waals surface area contributed by atoms with Crippen LogP contribution in [-0.2, 0) is 41.2 Å². The smallest absolute Gasteiger partial charge is 0.354 e. The van der Waals surface area contributed by atoms with E-state index in [4.69, 9.17) is 10.1 Å². The van der Waals surface area contributed by atoms with Crippen molar-refractivity contribution in [3.05, 3.63) is 33.7 Å². The van der Waals surface area contributed by atoms with Crippen LogP contribution in [0.3, 0.4) is 0 Å². The van der Waals surface area contributed by atoms with Gasteiger partial charge in [0.15, 0.2) is 9.92 Å². The van der Waals surface area contributed by atoms with Crippen molar-refractivity contribution in [3.63, 3.8) is 0 Å². The van der Waals surface area contributed by atoms with Gasteiger partial charge in [0.05, 0.1) is 11.9 Å². The number of hydrogen-bond donors (Lipinski definition) is 3. The van der Waals surface area contributed by atoms with E-state index in [2.05, 4.69) is 14.7 Å². The molecule has 4 rings (SSSR count). The number of nitrogens with two attached hydrogens (primary N) is 1. The molecule has 156 valence electrons. The SMILES string of the molecule is CC(C)(O)c1ncc([S@@](N)(=O)=NC(=O)Nc2c3c(nc4c2CCC4)CCCC3)s1. The number of pyridine rings is 1. The highest BCUT2D eigenvalue weighted by Gasteiger charge is 2.27. The van der Waals surface area contributed by atoms with Gasteiger partial charge in [0, 0.05) is 11.4 Å². The molecule has 2 aromatic rings. The molecule has 0 aliphatic heterocycles. The van der Waals surface area contributed by atoms with Gasteiger partial charge in [0.1, 0.15) is 14.8 Å². The van der Waals surface area contributed by atoms with Crippen molar-refractivity contribution in [2.24, 2.45) is 9.50 Å². The molecular formula is C19H25N5O3S2. The Hall–Kier alpha value is -1.88. The molecule has 0 bridgehead atoms. The molecule has 8 nitrogen and oxygen atoms in total. The van der Waals surface area contributed by atoms with Crippen molar-refractivity contribution < 1.29 is 14.1 Å². The zero-order valence-electron chi connectivity index (χ0n) is 16.5. The van der Waals surface area contributed by atoms with Crippen LogP contribution >= 0.6 is 11.3 Å². The average molecular weight is 436 g/mol. The fraction of sp³-hybridized carbons (Fsp3) is 0.526. The number of aryl methyl sites for hydroxylation is 2. The maximum Gasteiger partial charge on any atom is 0.354 e. The lowest BCUT2D eigenvalue weighted by Gasteiger charge is -2.21. The van der Waals surface area contributed by atoms with Crippen LogP contribution in [0, 0.1) is 0 Å². The third-order valence-electron chi connectivity index (χ3n) is 5.25. The first-order valence-electron chi connectivity index (χ1n) is 9.73. The minimum absolute atomic E-state index is 0.159. The van der Waals surface area contributed by atoms with Gasteiger partial charge in [-0.05, 0) is 69.9 Å². The number of nitrogens with zero attached hydrogens (tertiary/aromatic N) is 3. The molecule has 0 saturated heterocycles. The lowest BCUT2D eigenvalue weighted by molar-refractivity contribution is 0.0783. The number of thiazole rings is 1. The van der Waals surface area contributed by atoms with Crippen molar-refractivity contribution in [2.45, 2.75) is 68.6 Å². The summed E-state index contributed by atoms with van der Waals surface area (Å²) in [6, 6.07) is -0.733. The summed E-state index contributed by atoms with van der Waals surface area (Å²) in [7, 11) is -3.46. The summed E-state index contributed by atoms with van der Waals surface area (Å²) in [6.07, 6.45) is 8.04. The van der Waals surface area contributed by atoms with Gasteiger partial charge < -0.3 is 10.4 Å². The monoisotopic (exact) mass is 435 g/mol. The first-order valence-corrected chi connectivity index (χ1v) is 12.1. The fourth-order valence-corrected chi connectivity index (χ4v) is 5.94. The predicted octanol–water partition coefficient (Wildman–Crippen LogP) is 3.07. The van der Waals surface area contributed by atoms with Crippen LogP contribution in [0.5, 0.6) is 0 Å². The number of amides is 2. The number of nitrogens with one attached hydrogen (secondary N) is 1. The Bertz CT molecular complexity index is 1090. The van der Waals surface area contributed by atoms with Gasteiger partial charge >= 0.3 is 6.03 Å². The molecule has 2 aliphatic carbocycles.